The van der Waals surface area contributed by atoms with Gasteiger partial charge in [0.1, 0.15) is 0 Å². The third-order valence-corrected chi connectivity index (χ3v) is 3.08. The zero-order valence-corrected chi connectivity index (χ0v) is 8.92. The first kappa shape index (κ1) is 9.72. The molecule has 0 aliphatic carbocycles. The Morgan fingerprint density at radius 1 is 1.21 bits per heavy atom. The van der Waals surface area contributed by atoms with E-state index in [1.165, 1.54) is 36.9 Å². The standard InChI is InChI=1S/C13H19N/c1-2-11-5-7-12(8-6-11)10-13-4-3-9-14-13/h5-8,13-14H,2-4,9-10H2,1H3/t13-/m0/s1. The lowest BCUT2D eigenvalue weighted by atomic mass is 10.0. The normalized spacial score (nSPS) is 21.4. The Morgan fingerprint density at radius 3 is 2.50 bits per heavy atom. The molecule has 1 atom stereocenters. The van der Waals surface area contributed by atoms with Gasteiger partial charge in [-0.25, -0.2) is 0 Å². The molecule has 1 aliphatic rings. The van der Waals surface area contributed by atoms with Gasteiger partial charge in [0.05, 0.1) is 0 Å². The number of aryl methyl sites for hydroxylation is 1. The highest BCUT2D eigenvalue weighted by atomic mass is 14.9. The quantitative estimate of drug-likeness (QED) is 0.770. The fraction of sp³-hybridized carbons (Fsp3) is 0.538. The van der Waals surface area contributed by atoms with E-state index in [1.54, 1.807) is 0 Å². The van der Waals surface area contributed by atoms with Crippen LogP contribution in [0, 0.1) is 0 Å². The Balaban J connectivity index is 1.95. The van der Waals surface area contributed by atoms with Gasteiger partial charge in [0, 0.05) is 6.04 Å². The van der Waals surface area contributed by atoms with Crippen LogP contribution in [0.4, 0.5) is 0 Å². The molecule has 0 saturated carbocycles. The van der Waals surface area contributed by atoms with Crippen molar-refractivity contribution in [2.24, 2.45) is 0 Å². The van der Waals surface area contributed by atoms with Crippen molar-refractivity contribution >= 4 is 0 Å². The molecule has 1 saturated heterocycles. The highest BCUT2D eigenvalue weighted by Crippen LogP contribution is 2.13. The summed E-state index contributed by atoms with van der Waals surface area (Å²) in [7, 11) is 0. The van der Waals surface area contributed by atoms with E-state index in [1.807, 2.05) is 0 Å². The number of nitrogens with one attached hydrogen (secondary N) is 1. The molecule has 0 amide bonds. The molecule has 2 rings (SSSR count). The van der Waals surface area contributed by atoms with Crippen molar-refractivity contribution in [3.63, 3.8) is 0 Å². The molecule has 1 aromatic carbocycles. The summed E-state index contributed by atoms with van der Waals surface area (Å²) in [5, 5.41) is 3.53. The first-order valence-electron chi connectivity index (χ1n) is 5.69. The second-order valence-corrected chi connectivity index (χ2v) is 4.17. The van der Waals surface area contributed by atoms with Crippen LogP contribution in [-0.2, 0) is 12.8 Å². The van der Waals surface area contributed by atoms with Gasteiger partial charge < -0.3 is 5.32 Å². The fourth-order valence-electron chi connectivity index (χ4n) is 2.13. The van der Waals surface area contributed by atoms with E-state index in [0.717, 1.165) is 12.5 Å². The van der Waals surface area contributed by atoms with Crippen LogP contribution in [0.1, 0.15) is 30.9 Å². The average Bonchev–Trinajstić information content (AvgIpc) is 2.72. The number of rotatable bonds is 3. The molecular formula is C13H19N. The molecular weight excluding hydrogens is 170 g/mol. The lowest BCUT2D eigenvalue weighted by molar-refractivity contribution is 0.603. The minimum Gasteiger partial charge on any atom is -0.314 e. The molecule has 0 spiro atoms. The molecule has 1 heteroatoms. The van der Waals surface area contributed by atoms with Crippen LogP contribution in [0.5, 0.6) is 0 Å². The van der Waals surface area contributed by atoms with E-state index in [9.17, 15) is 0 Å². The first-order valence-corrected chi connectivity index (χ1v) is 5.69. The highest BCUT2D eigenvalue weighted by Gasteiger charge is 2.13. The average molecular weight is 189 g/mol. The second kappa shape index (κ2) is 4.61. The predicted octanol–water partition coefficient (Wildman–Crippen LogP) is 2.54. The molecule has 76 valence electrons. The predicted molar refractivity (Wildman–Crippen MR) is 60.5 cm³/mol. The molecule has 0 radical (unpaired) electrons. The lowest BCUT2D eigenvalue weighted by Gasteiger charge is -2.10. The van der Waals surface area contributed by atoms with Gasteiger partial charge in [-0.3, -0.25) is 0 Å². The van der Waals surface area contributed by atoms with Crippen molar-refractivity contribution in [3.8, 4) is 0 Å². The highest BCUT2D eigenvalue weighted by molar-refractivity contribution is 5.23. The van der Waals surface area contributed by atoms with E-state index in [0.29, 0.717) is 0 Å². The fourth-order valence-corrected chi connectivity index (χ4v) is 2.13. The summed E-state index contributed by atoms with van der Waals surface area (Å²) in [6.45, 7) is 3.41. The maximum atomic E-state index is 3.53. The lowest BCUT2D eigenvalue weighted by Crippen LogP contribution is -2.23. The van der Waals surface area contributed by atoms with Crippen LogP contribution in [0.25, 0.3) is 0 Å². The van der Waals surface area contributed by atoms with Gasteiger partial charge in [0.15, 0.2) is 0 Å². The molecule has 0 aromatic heterocycles. The summed E-state index contributed by atoms with van der Waals surface area (Å²) < 4.78 is 0. The number of hydrogen-bond acceptors (Lipinski definition) is 1. The Morgan fingerprint density at radius 2 is 1.93 bits per heavy atom. The smallest absolute Gasteiger partial charge is 0.0108 e. The van der Waals surface area contributed by atoms with E-state index in [-0.39, 0.29) is 0 Å². The maximum Gasteiger partial charge on any atom is 0.0108 e. The van der Waals surface area contributed by atoms with Crippen LogP contribution in [0.3, 0.4) is 0 Å². The van der Waals surface area contributed by atoms with Gasteiger partial charge in [-0.15, -0.1) is 0 Å². The number of hydrogen-bond donors (Lipinski definition) is 1. The van der Waals surface area contributed by atoms with E-state index < -0.39 is 0 Å². The molecule has 14 heavy (non-hydrogen) atoms. The van der Waals surface area contributed by atoms with Gasteiger partial charge in [-0.05, 0) is 43.4 Å². The third kappa shape index (κ3) is 2.36. The van der Waals surface area contributed by atoms with Gasteiger partial charge >= 0.3 is 0 Å². The van der Waals surface area contributed by atoms with Crippen molar-refractivity contribution in [2.45, 2.75) is 38.6 Å². The molecule has 0 bridgehead atoms. The second-order valence-electron chi connectivity index (χ2n) is 4.17. The summed E-state index contributed by atoms with van der Waals surface area (Å²) in [6, 6.07) is 9.79. The minimum absolute atomic E-state index is 0.725. The van der Waals surface area contributed by atoms with Crippen LogP contribution in [0.15, 0.2) is 24.3 Å². The summed E-state index contributed by atoms with van der Waals surface area (Å²) in [5.41, 5.74) is 2.91. The first-order chi connectivity index (χ1) is 6.88. The number of benzene rings is 1. The van der Waals surface area contributed by atoms with E-state index in [2.05, 4.69) is 36.5 Å². The summed E-state index contributed by atoms with van der Waals surface area (Å²) in [4.78, 5) is 0. The third-order valence-electron chi connectivity index (χ3n) is 3.08. The summed E-state index contributed by atoms with van der Waals surface area (Å²) in [6.07, 6.45) is 5.03. The van der Waals surface area contributed by atoms with Gasteiger partial charge in [-0.2, -0.15) is 0 Å². The molecule has 1 N–H and O–H groups in total. The summed E-state index contributed by atoms with van der Waals surface area (Å²) >= 11 is 0. The molecule has 1 heterocycles. The van der Waals surface area contributed by atoms with Crippen LogP contribution >= 0.6 is 0 Å². The van der Waals surface area contributed by atoms with E-state index >= 15 is 0 Å². The molecule has 0 unspecified atom stereocenters. The van der Waals surface area contributed by atoms with Crippen molar-refractivity contribution in [1.82, 2.24) is 5.32 Å². The Kier molecular flexibility index (Phi) is 3.20. The molecule has 1 aliphatic heterocycles. The molecule has 1 aromatic rings. The topological polar surface area (TPSA) is 12.0 Å². The molecule has 1 fully saturated rings. The van der Waals surface area contributed by atoms with E-state index in [4.69, 9.17) is 0 Å². The SMILES string of the molecule is CCc1ccc(C[C@@H]2CCCN2)cc1. The largest absolute Gasteiger partial charge is 0.314 e. The zero-order valence-electron chi connectivity index (χ0n) is 8.92. The minimum atomic E-state index is 0.725. The van der Waals surface area contributed by atoms with Gasteiger partial charge in [0.25, 0.3) is 0 Å². The van der Waals surface area contributed by atoms with Crippen LogP contribution in [0.2, 0.25) is 0 Å². The Bertz CT molecular complexity index is 270. The molecule has 1 nitrogen and oxygen atoms in total. The Hall–Kier alpha value is -0.820. The van der Waals surface area contributed by atoms with Crippen molar-refractivity contribution in [1.29, 1.82) is 0 Å². The monoisotopic (exact) mass is 189 g/mol. The summed E-state index contributed by atoms with van der Waals surface area (Å²) in [5.74, 6) is 0. The van der Waals surface area contributed by atoms with Crippen LogP contribution < -0.4 is 5.32 Å². The zero-order chi connectivity index (χ0) is 9.80. The van der Waals surface area contributed by atoms with Crippen molar-refractivity contribution < 1.29 is 0 Å². The Labute approximate surface area is 86.5 Å². The maximum absolute atomic E-state index is 3.53. The van der Waals surface area contributed by atoms with Gasteiger partial charge in [-0.1, -0.05) is 31.2 Å². The van der Waals surface area contributed by atoms with Crippen molar-refractivity contribution in [2.75, 3.05) is 6.54 Å². The van der Waals surface area contributed by atoms with Gasteiger partial charge in [0.2, 0.25) is 0 Å². The van der Waals surface area contributed by atoms with Crippen molar-refractivity contribution in [3.05, 3.63) is 35.4 Å². The van der Waals surface area contributed by atoms with Crippen LogP contribution in [-0.4, -0.2) is 12.6 Å².